The molecule has 0 aliphatic rings. The SMILES string of the molecule is Cc1nnc(N(C)Cc2ccc(Cl)cc2)c(C(=O)O)c1C. The van der Waals surface area contributed by atoms with E-state index < -0.39 is 5.97 Å². The molecule has 21 heavy (non-hydrogen) atoms. The quantitative estimate of drug-likeness (QED) is 0.940. The summed E-state index contributed by atoms with van der Waals surface area (Å²) in [5, 5.41) is 18.1. The van der Waals surface area contributed by atoms with E-state index in [1.807, 2.05) is 12.1 Å². The summed E-state index contributed by atoms with van der Waals surface area (Å²) >= 11 is 5.86. The van der Waals surface area contributed by atoms with E-state index >= 15 is 0 Å². The highest BCUT2D eigenvalue weighted by molar-refractivity contribution is 6.30. The van der Waals surface area contributed by atoms with Crippen molar-refractivity contribution in [1.29, 1.82) is 0 Å². The van der Waals surface area contributed by atoms with E-state index in [1.54, 1.807) is 37.9 Å². The highest BCUT2D eigenvalue weighted by atomic mass is 35.5. The Morgan fingerprint density at radius 1 is 1.24 bits per heavy atom. The number of nitrogens with zero attached hydrogens (tertiary/aromatic N) is 3. The van der Waals surface area contributed by atoms with Crippen molar-refractivity contribution in [3.63, 3.8) is 0 Å². The van der Waals surface area contributed by atoms with Crippen molar-refractivity contribution in [3.8, 4) is 0 Å². The second-order valence-electron chi connectivity index (χ2n) is 4.90. The van der Waals surface area contributed by atoms with Crippen LogP contribution in [0.5, 0.6) is 0 Å². The van der Waals surface area contributed by atoms with Gasteiger partial charge in [-0.15, -0.1) is 5.10 Å². The molecule has 0 bridgehead atoms. The molecule has 2 aromatic rings. The third kappa shape index (κ3) is 3.31. The number of rotatable bonds is 4. The van der Waals surface area contributed by atoms with Crippen molar-refractivity contribution < 1.29 is 9.90 Å². The summed E-state index contributed by atoms with van der Waals surface area (Å²) in [5.74, 6) is -0.635. The molecule has 0 atom stereocenters. The van der Waals surface area contributed by atoms with Gasteiger partial charge in [0, 0.05) is 18.6 Å². The Balaban J connectivity index is 2.35. The predicted molar refractivity (Wildman–Crippen MR) is 82.0 cm³/mol. The molecule has 0 fully saturated rings. The van der Waals surface area contributed by atoms with Crippen molar-refractivity contribution >= 4 is 23.4 Å². The molecule has 2 rings (SSSR count). The van der Waals surface area contributed by atoms with Crippen LogP contribution in [-0.4, -0.2) is 28.3 Å². The summed E-state index contributed by atoms with van der Waals surface area (Å²) in [6.07, 6.45) is 0. The lowest BCUT2D eigenvalue weighted by molar-refractivity contribution is 0.0696. The number of anilines is 1. The van der Waals surface area contributed by atoms with Crippen LogP contribution in [0.15, 0.2) is 24.3 Å². The minimum absolute atomic E-state index is 0.193. The molecule has 1 N–H and O–H groups in total. The van der Waals surface area contributed by atoms with E-state index in [4.69, 9.17) is 11.6 Å². The molecule has 110 valence electrons. The minimum atomic E-state index is -0.997. The van der Waals surface area contributed by atoms with Crippen LogP contribution in [0.4, 0.5) is 5.82 Å². The highest BCUT2D eigenvalue weighted by Gasteiger charge is 2.20. The number of aryl methyl sites for hydroxylation is 1. The van der Waals surface area contributed by atoms with Gasteiger partial charge in [-0.05, 0) is 37.1 Å². The molecule has 0 unspecified atom stereocenters. The van der Waals surface area contributed by atoms with E-state index in [9.17, 15) is 9.90 Å². The topological polar surface area (TPSA) is 66.3 Å². The second-order valence-corrected chi connectivity index (χ2v) is 5.33. The zero-order valence-electron chi connectivity index (χ0n) is 12.1. The number of aromatic nitrogens is 2. The Morgan fingerprint density at radius 2 is 1.86 bits per heavy atom. The van der Waals surface area contributed by atoms with E-state index in [1.165, 1.54) is 0 Å². The minimum Gasteiger partial charge on any atom is -0.478 e. The van der Waals surface area contributed by atoms with Crippen molar-refractivity contribution in [3.05, 3.63) is 51.7 Å². The van der Waals surface area contributed by atoms with E-state index in [-0.39, 0.29) is 5.56 Å². The zero-order chi connectivity index (χ0) is 15.6. The molecule has 5 nitrogen and oxygen atoms in total. The summed E-state index contributed by atoms with van der Waals surface area (Å²) in [4.78, 5) is 13.3. The van der Waals surface area contributed by atoms with Gasteiger partial charge in [0.05, 0.1) is 5.69 Å². The predicted octanol–water partition coefficient (Wildman–Crippen LogP) is 3.08. The Morgan fingerprint density at radius 3 is 2.43 bits per heavy atom. The standard InChI is InChI=1S/C15H16ClN3O2/c1-9-10(2)17-18-14(13(9)15(20)21)19(3)8-11-4-6-12(16)7-5-11/h4-7H,8H2,1-3H3,(H,20,21). The first-order valence-electron chi connectivity index (χ1n) is 6.43. The van der Waals surface area contributed by atoms with Gasteiger partial charge in [-0.1, -0.05) is 23.7 Å². The number of carboxylic acid groups (broad SMARTS) is 1. The molecule has 0 saturated carbocycles. The highest BCUT2D eigenvalue weighted by Crippen LogP contribution is 2.23. The average Bonchev–Trinajstić information content (AvgIpc) is 2.43. The maximum atomic E-state index is 11.5. The largest absolute Gasteiger partial charge is 0.478 e. The average molecular weight is 306 g/mol. The van der Waals surface area contributed by atoms with Crippen molar-refractivity contribution in [2.24, 2.45) is 0 Å². The lowest BCUT2D eigenvalue weighted by atomic mass is 10.1. The van der Waals surface area contributed by atoms with Gasteiger partial charge in [-0.3, -0.25) is 0 Å². The molecule has 1 heterocycles. The van der Waals surface area contributed by atoms with Crippen LogP contribution in [-0.2, 0) is 6.54 Å². The Bertz CT molecular complexity index is 671. The van der Waals surface area contributed by atoms with Crippen LogP contribution in [0.2, 0.25) is 5.02 Å². The molecule has 1 aromatic carbocycles. The summed E-state index contributed by atoms with van der Waals surface area (Å²) in [6.45, 7) is 4.01. The van der Waals surface area contributed by atoms with Crippen LogP contribution in [0.1, 0.15) is 27.2 Å². The number of carboxylic acids is 1. The third-order valence-corrected chi connectivity index (χ3v) is 3.60. The van der Waals surface area contributed by atoms with Gasteiger partial charge in [-0.25, -0.2) is 4.79 Å². The number of benzene rings is 1. The molecule has 0 spiro atoms. The van der Waals surface area contributed by atoms with Gasteiger partial charge in [0.1, 0.15) is 5.56 Å². The fourth-order valence-corrected chi connectivity index (χ4v) is 2.18. The zero-order valence-corrected chi connectivity index (χ0v) is 12.8. The molecule has 0 amide bonds. The number of halogens is 1. The van der Waals surface area contributed by atoms with Crippen molar-refractivity contribution in [2.45, 2.75) is 20.4 Å². The number of aromatic carboxylic acids is 1. The Kier molecular flexibility index (Phi) is 4.43. The third-order valence-electron chi connectivity index (χ3n) is 3.34. The fourth-order valence-electron chi connectivity index (χ4n) is 2.06. The molecule has 0 aliphatic carbocycles. The Hall–Kier alpha value is -2.14. The first-order valence-corrected chi connectivity index (χ1v) is 6.80. The van der Waals surface area contributed by atoms with Crippen molar-refractivity contribution in [2.75, 3.05) is 11.9 Å². The first kappa shape index (κ1) is 15.3. The first-order chi connectivity index (χ1) is 9.90. The lowest BCUT2D eigenvalue weighted by Crippen LogP contribution is -2.22. The van der Waals surface area contributed by atoms with Gasteiger partial charge in [0.2, 0.25) is 0 Å². The summed E-state index contributed by atoms with van der Waals surface area (Å²) < 4.78 is 0. The van der Waals surface area contributed by atoms with Crippen LogP contribution < -0.4 is 4.90 Å². The van der Waals surface area contributed by atoms with Crippen LogP contribution >= 0.6 is 11.6 Å². The van der Waals surface area contributed by atoms with Crippen LogP contribution in [0.3, 0.4) is 0 Å². The Labute approximate surface area is 128 Å². The molecule has 0 saturated heterocycles. The second kappa shape index (κ2) is 6.10. The summed E-state index contributed by atoms with van der Waals surface area (Å²) in [5.41, 5.74) is 2.46. The summed E-state index contributed by atoms with van der Waals surface area (Å²) in [6, 6.07) is 7.39. The number of carbonyl (C=O) groups is 1. The maximum Gasteiger partial charge on any atom is 0.339 e. The maximum absolute atomic E-state index is 11.5. The molecular formula is C15H16ClN3O2. The molecule has 6 heteroatoms. The van der Waals surface area contributed by atoms with Gasteiger partial charge < -0.3 is 10.0 Å². The fraction of sp³-hybridized carbons (Fsp3) is 0.267. The van der Waals surface area contributed by atoms with E-state index in [0.29, 0.717) is 28.6 Å². The van der Waals surface area contributed by atoms with Gasteiger partial charge in [0.25, 0.3) is 0 Å². The smallest absolute Gasteiger partial charge is 0.339 e. The van der Waals surface area contributed by atoms with Crippen molar-refractivity contribution in [1.82, 2.24) is 10.2 Å². The molecule has 0 aliphatic heterocycles. The van der Waals surface area contributed by atoms with Gasteiger partial charge >= 0.3 is 5.97 Å². The van der Waals surface area contributed by atoms with E-state index in [2.05, 4.69) is 10.2 Å². The number of hydrogen-bond acceptors (Lipinski definition) is 4. The molecule has 1 aromatic heterocycles. The van der Waals surface area contributed by atoms with Crippen LogP contribution in [0, 0.1) is 13.8 Å². The lowest BCUT2D eigenvalue weighted by Gasteiger charge is -2.21. The summed E-state index contributed by atoms with van der Waals surface area (Å²) in [7, 11) is 1.79. The number of hydrogen-bond donors (Lipinski definition) is 1. The molecular weight excluding hydrogens is 290 g/mol. The van der Waals surface area contributed by atoms with Gasteiger partial charge in [-0.2, -0.15) is 5.10 Å². The normalized spacial score (nSPS) is 10.5. The van der Waals surface area contributed by atoms with Gasteiger partial charge in [0.15, 0.2) is 5.82 Å². The monoisotopic (exact) mass is 305 g/mol. The van der Waals surface area contributed by atoms with Crippen LogP contribution in [0.25, 0.3) is 0 Å². The van der Waals surface area contributed by atoms with E-state index in [0.717, 1.165) is 5.56 Å². The molecule has 0 radical (unpaired) electrons.